The van der Waals surface area contributed by atoms with Gasteiger partial charge >= 0.3 is 6.18 Å². The molecule has 1 aromatic heterocycles. The zero-order valence-electron chi connectivity index (χ0n) is 14.7. The summed E-state index contributed by atoms with van der Waals surface area (Å²) in [7, 11) is 0. The Morgan fingerprint density at radius 2 is 1.88 bits per heavy atom. The zero-order chi connectivity index (χ0) is 19.1. The lowest BCUT2D eigenvalue weighted by atomic mass is 10.1. The Labute approximate surface area is 148 Å². The second-order valence-electron chi connectivity index (χ2n) is 6.37. The Kier molecular flexibility index (Phi) is 4.60. The smallest absolute Gasteiger partial charge is 0.345 e. The van der Waals surface area contributed by atoms with Crippen LogP contribution in [-0.4, -0.2) is 27.9 Å². The molecule has 0 unspecified atom stereocenters. The number of aromatic nitrogens is 2. The number of aliphatic imine (C=N–C) groups is 1. The van der Waals surface area contributed by atoms with Gasteiger partial charge in [0.15, 0.2) is 5.69 Å². The number of nitrogens with one attached hydrogen (secondary N) is 1. The van der Waals surface area contributed by atoms with E-state index >= 15 is 0 Å². The molecule has 0 saturated heterocycles. The van der Waals surface area contributed by atoms with E-state index in [-0.39, 0.29) is 18.4 Å². The van der Waals surface area contributed by atoms with Crippen molar-refractivity contribution in [1.82, 2.24) is 15.1 Å². The average Bonchev–Trinajstić information content (AvgIpc) is 2.87. The highest BCUT2D eigenvalue weighted by Gasteiger charge is 2.31. The zero-order valence-corrected chi connectivity index (χ0v) is 14.7. The van der Waals surface area contributed by atoms with E-state index in [2.05, 4.69) is 15.4 Å². The number of rotatable bonds is 3. The SMILES string of the molecule is CCn1nc(C(C)C)c2c1C(=O)NCC(c1ccc(C(F)(F)F)cc1)=N2. The van der Waals surface area contributed by atoms with Crippen molar-refractivity contribution in [3.63, 3.8) is 0 Å². The van der Waals surface area contributed by atoms with E-state index in [1.807, 2.05) is 20.8 Å². The van der Waals surface area contributed by atoms with Crippen molar-refractivity contribution in [2.45, 2.75) is 39.4 Å². The number of fused-ring (bicyclic) bond motifs is 1. The van der Waals surface area contributed by atoms with Gasteiger partial charge in [-0.05, 0) is 30.5 Å². The summed E-state index contributed by atoms with van der Waals surface area (Å²) >= 11 is 0. The quantitative estimate of drug-likeness (QED) is 0.898. The molecular formula is C18H19F3N4O. The lowest BCUT2D eigenvalue weighted by molar-refractivity contribution is -0.137. The number of carbonyl (C=O) groups is 1. The summed E-state index contributed by atoms with van der Waals surface area (Å²) < 4.78 is 39.9. The number of aryl methyl sites for hydroxylation is 1. The maximum atomic E-state index is 12.8. The molecule has 3 rings (SSSR count). The van der Waals surface area contributed by atoms with Crippen molar-refractivity contribution >= 4 is 17.3 Å². The fourth-order valence-corrected chi connectivity index (χ4v) is 2.86. The minimum atomic E-state index is -4.39. The Balaban J connectivity index is 2.09. The van der Waals surface area contributed by atoms with Crippen LogP contribution < -0.4 is 5.32 Å². The van der Waals surface area contributed by atoms with Gasteiger partial charge in [-0.15, -0.1) is 0 Å². The summed E-state index contributed by atoms with van der Waals surface area (Å²) in [5.74, 6) is -0.230. The van der Waals surface area contributed by atoms with E-state index < -0.39 is 11.7 Å². The highest BCUT2D eigenvalue weighted by molar-refractivity contribution is 6.10. The fraction of sp³-hybridized carbons (Fsp3) is 0.389. The van der Waals surface area contributed by atoms with Crippen LogP contribution in [0.3, 0.4) is 0 Å². The largest absolute Gasteiger partial charge is 0.416 e. The van der Waals surface area contributed by atoms with Gasteiger partial charge < -0.3 is 5.32 Å². The van der Waals surface area contributed by atoms with E-state index in [1.54, 1.807) is 4.68 Å². The molecule has 0 atom stereocenters. The predicted octanol–water partition coefficient (Wildman–Crippen LogP) is 3.91. The van der Waals surface area contributed by atoms with E-state index in [9.17, 15) is 18.0 Å². The minimum absolute atomic E-state index is 0.0556. The van der Waals surface area contributed by atoms with Crippen molar-refractivity contribution < 1.29 is 18.0 Å². The van der Waals surface area contributed by atoms with Crippen LogP contribution >= 0.6 is 0 Å². The molecule has 0 fully saturated rings. The summed E-state index contributed by atoms with van der Waals surface area (Å²) in [5.41, 5.74) is 1.89. The Morgan fingerprint density at radius 1 is 1.23 bits per heavy atom. The van der Waals surface area contributed by atoms with Crippen LogP contribution in [0.2, 0.25) is 0 Å². The normalized spacial score (nSPS) is 14.7. The van der Waals surface area contributed by atoms with Crippen LogP contribution in [0, 0.1) is 0 Å². The highest BCUT2D eigenvalue weighted by Crippen LogP contribution is 2.33. The number of amides is 1. The fourth-order valence-electron chi connectivity index (χ4n) is 2.86. The summed E-state index contributed by atoms with van der Waals surface area (Å²) in [6.07, 6.45) is -4.39. The number of nitrogens with zero attached hydrogens (tertiary/aromatic N) is 3. The molecule has 1 aliphatic heterocycles. The van der Waals surface area contributed by atoms with Crippen molar-refractivity contribution in [3.05, 3.63) is 46.8 Å². The maximum absolute atomic E-state index is 12.8. The molecular weight excluding hydrogens is 345 g/mol. The average molecular weight is 364 g/mol. The first-order valence-electron chi connectivity index (χ1n) is 8.36. The lowest BCUT2D eigenvalue weighted by Gasteiger charge is -2.09. The third kappa shape index (κ3) is 3.23. The number of hydrogen-bond donors (Lipinski definition) is 1. The third-order valence-electron chi connectivity index (χ3n) is 4.22. The first-order valence-corrected chi connectivity index (χ1v) is 8.36. The molecule has 5 nitrogen and oxygen atoms in total. The highest BCUT2D eigenvalue weighted by atomic mass is 19.4. The van der Waals surface area contributed by atoms with Gasteiger partial charge in [0.2, 0.25) is 0 Å². The van der Waals surface area contributed by atoms with Crippen molar-refractivity contribution in [3.8, 4) is 0 Å². The lowest BCUT2D eigenvalue weighted by Crippen LogP contribution is -2.29. The van der Waals surface area contributed by atoms with Gasteiger partial charge in [0, 0.05) is 6.54 Å². The molecule has 26 heavy (non-hydrogen) atoms. The second kappa shape index (κ2) is 6.59. The Bertz CT molecular complexity index is 864. The molecule has 1 amide bonds. The number of carbonyl (C=O) groups excluding carboxylic acids is 1. The van der Waals surface area contributed by atoms with Gasteiger partial charge in [-0.2, -0.15) is 18.3 Å². The molecule has 1 aromatic carbocycles. The topological polar surface area (TPSA) is 59.3 Å². The van der Waals surface area contributed by atoms with Crippen LogP contribution in [0.1, 0.15) is 54.0 Å². The van der Waals surface area contributed by atoms with E-state index in [0.717, 1.165) is 12.1 Å². The van der Waals surface area contributed by atoms with Gasteiger partial charge in [0.05, 0.1) is 23.5 Å². The molecule has 1 aliphatic rings. The molecule has 0 radical (unpaired) electrons. The number of alkyl halides is 3. The van der Waals surface area contributed by atoms with Gasteiger partial charge in [-0.3, -0.25) is 9.48 Å². The third-order valence-corrected chi connectivity index (χ3v) is 4.22. The summed E-state index contributed by atoms with van der Waals surface area (Å²) in [5, 5.41) is 7.24. The minimum Gasteiger partial charge on any atom is -0.345 e. The maximum Gasteiger partial charge on any atom is 0.416 e. The molecule has 0 bridgehead atoms. The van der Waals surface area contributed by atoms with Crippen LogP contribution in [0.4, 0.5) is 18.9 Å². The summed E-state index contributed by atoms with van der Waals surface area (Å²) in [6.45, 7) is 6.46. The molecule has 2 heterocycles. The standard InChI is InChI=1S/C18H19F3N4O/c1-4-25-16-15(14(24-25)10(2)3)23-13(9-22-17(16)26)11-5-7-12(8-6-11)18(19,20)21/h5-8,10H,4,9H2,1-3H3,(H,22,26). The van der Waals surface area contributed by atoms with Crippen LogP contribution in [0.25, 0.3) is 0 Å². The summed E-state index contributed by atoms with van der Waals surface area (Å²) in [6, 6.07) is 4.78. The molecule has 1 N–H and O–H groups in total. The van der Waals surface area contributed by atoms with E-state index in [0.29, 0.717) is 34.9 Å². The summed E-state index contributed by atoms with van der Waals surface area (Å²) in [4.78, 5) is 17.1. The van der Waals surface area contributed by atoms with E-state index in [4.69, 9.17) is 0 Å². The molecule has 0 saturated carbocycles. The first kappa shape index (κ1) is 18.2. The van der Waals surface area contributed by atoms with Crippen LogP contribution in [0.15, 0.2) is 29.3 Å². The van der Waals surface area contributed by atoms with Gasteiger partial charge in [0.1, 0.15) is 5.69 Å². The Morgan fingerprint density at radius 3 is 2.42 bits per heavy atom. The second-order valence-corrected chi connectivity index (χ2v) is 6.37. The van der Waals surface area contributed by atoms with Gasteiger partial charge in [0.25, 0.3) is 5.91 Å². The Hall–Kier alpha value is -2.64. The number of halogens is 3. The van der Waals surface area contributed by atoms with Crippen molar-refractivity contribution in [2.75, 3.05) is 6.54 Å². The van der Waals surface area contributed by atoms with E-state index in [1.165, 1.54) is 12.1 Å². The van der Waals surface area contributed by atoms with Crippen molar-refractivity contribution in [1.29, 1.82) is 0 Å². The number of hydrogen-bond acceptors (Lipinski definition) is 3. The molecule has 0 aliphatic carbocycles. The van der Waals surface area contributed by atoms with Crippen molar-refractivity contribution in [2.24, 2.45) is 4.99 Å². The molecule has 2 aromatic rings. The monoisotopic (exact) mass is 364 g/mol. The molecule has 0 spiro atoms. The van der Waals surface area contributed by atoms with Gasteiger partial charge in [-0.25, -0.2) is 4.99 Å². The predicted molar refractivity (Wildman–Crippen MR) is 92.0 cm³/mol. The van der Waals surface area contributed by atoms with Gasteiger partial charge in [-0.1, -0.05) is 26.0 Å². The van der Waals surface area contributed by atoms with Crippen LogP contribution in [-0.2, 0) is 12.7 Å². The number of benzene rings is 1. The first-order chi connectivity index (χ1) is 12.2. The van der Waals surface area contributed by atoms with Crippen LogP contribution in [0.5, 0.6) is 0 Å². The molecule has 138 valence electrons. The molecule has 8 heteroatoms.